The number of carboxylic acids is 1. The second-order valence-corrected chi connectivity index (χ2v) is 9.36. The molecule has 184 valence electrons. The van der Waals surface area contributed by atoms with Crippen LogP contribution in [0, 0.1) is 0 Å². The van der Waals surface area contributed by atoms with Gasteiger partial charge >= 0.3 is 5.97 Å². The topological polar surface area (TPSA) is 184 Å². The lowest BCUT2D eigenvalue weighted by atomic mass is 10.0. The molecule has 2 aromatic heterocycles. The summed E-state index contributed by atoms with van der Waals surface area (Å²) in [7, 11) is 0. The molecule has 15 heteroatoms. The first kappa shape index (κ1) is 24.6. The van der Waals surface area contributed by atoms with Gasteiger partial charge in [-0.2, -0.15) is 9.36 Å². The summed E-state index contributed by atoms with van der Waals surface area (Å²) in [5.41, 5.74) is 6.55. The third-order valence-corrected chi connectivity index (χ3v) is 7.09. The number of aromatic nitrogens is 3. The predicted octanol–water partition coefficient (Wildman–Crippen LogP) is -0.920. The fourth-order valence-corrected chi connectivity index (χ4v) is 5.35. The van der Waals surface area contributed by atoms with Gasteiger partial charge in [0.2, 0.25) is 11.5 Å². The van der Waals surface area contributed by atoms with Gasteiger partial charge in [-0.15, -0.1) is 11.8 Å². The Hall–Kier alpha value is -3.56. The first-order chi connectivity index (χ1) is 16.8. The summed E-state index contributed by atoms with van der Waals surface area (Å²) in [4.78, 5) is 48.0. The van der Waals surface area contributed by atoms with Crippen LogP contribution < -0.4 is 15.6 Å². The minimum atomic E-state index is -1.23. The maximum Gasteiger partial charge on any atom is 0.352 e. The standard InChI is InChI=1S/C20H21N7O6S2/c1-2-33-24-12(15-23-20(21)35-25-15)16(29)22-13-17(30)27-14(19(31)32)11(9-34-18(13)27)7-26-5-3-10(8-28)4-6-26/h3-6,13,18,28H,2,7-9H2,1H3,(H3-,21,22,23,25,29,31,32)/p+1/t13?,18-/m1/s1. The number of carbonyl (C=O) groups excluding carboxylic acids is 2. The number of aliphatic hydroxyl groups is 1. The van der Waals surface area contributed by atoms with Gasteiger partial charge in [0.1, 0.15) is 23.7 Å². The Kier molecular flexibility index (Phi) is 7.28. The molecule has 1 unspecified atom stereocenters. The second kappa shape index (κ2) is 10.4. The summed E-state index contributed by atoms with van der Waals surface area (Å²) >= 11 is 2.23. The van der Waals surface area contributed by atoms with Gasteiger partial charge < -0.3 is 26.1 Å². The molecule has 2 aliphatic heterocycles. The summed E-state index contributed by atoms with van der Waals surface area (Å²) in [5.74, 6) is -2.19. The van der Waals surface area contributed by atoms with E-state index in [4.69, 9.17) is 10.6 Å². The van der Waals surface area contributed by atoms with E-state index in [1.807, 2.05) is 0 Å². The van der Waals surface area contributed by atoms with Crippen molar-refractivity contribution in [2.75, 3.05) is 18.1 Å². The number of amides is 2. The van der Waals surface area contributed by atoms with Crippen molar-refractivity contribution in [1.82, 2.24) is 19.6 Å². The van der Waals surface area contributed by atoms with Crippen molar-refractivity contribution >= 4 is 51.9 Å². The third kappa shape index (κ3) is 4.96. The smallest absolute Gasteiger partial charge is 0.352 e. The maximum atomic E-state index is 13.0. The van der Waals surface area contributed by atoms with E-state index >= 15 is 0 Å². The number of aliphatic carboxylic acids is 1. The Morgan fingerprint density at radius 1 is 1.40 bits per heavy atom. The van der Waals surface area contributed by atoms with Crippen molar-refractivity contribution in [2.45, 2.75) is 31.5 Å². The van der Waals surface area contributed by atoms with Crippen molar-refractivity contribution in [3.63, 3.8) is 0 Å². The van der Waals surface area contributed by atoms with E-state index in [2.05, 4.69) is 19.8 Å². The van der Waals surface area contributed by atoms with Crippen molar-refractivity contribution < 1.29 is 34.0 Å². The van der Waals surface area contributed by atoms with Crippen LogP contribution in [0.15, 0.2) is 41.0 Å². The monoisotopic (exact) mass is 520 g/mol. The number of carboxylic acid groups (broad SMARTS) is 1. The molecule has 5 N–H and O–H groups in total. The van der Waals surface area contributed by atoms with Gasteiger partial charge in [0.15, 0.2) is 24.1 Å². The van der Waals surface area contributed by atoms with Crippen LogP contribution in [0.2, 0.25) is 0 Å². The van der Waals surface area contributed by atoms with Gasteiger partial charge in [0, 0.05) is 35.0 Å². The van der Waals surface area contributed by atoms with Gasteiger partial charge in [-0.25, -0.2) is 9.36 Å². The molecule has 0 spiro atoms. The van der Waals surface area contributed by atoms with Crippen LogP contribution in [0.3, 0.4) is 0 Å². The van der Waals surface area contributed by atoms with Gasteiger partial charge in [0.05, 0.1) is 6.61 Å². The molecule has 2 aromatic rings. The molecule has 35 heavy (non-hydrogen) atoms. The van der Waals surface area contributed by atoms with Crippen LogP contribution in [0.25, 0.3) is 0 Å². The number of nitrogens with zero attached hydrogens (tertiary/aromatic N) is 5. The van der Waals surface area contributed by atoms with Crippen LogP contribution in [0.1, 0.15) is 18.3 Å². The average Bonchev–Trinajstić information content (AvgIpc) is 3.28. The summed E-state index contributed by atoms with van der Waals surface area (Å²) in [6, 6.07) is 2.50. The molecule has 4 rings (SSSR count). The molecule has 0 aromatic carbocycles. The fraction of sp³-hybridized carbons (Fsp3) is 0.350. The van der Waals surface area contributed by atoms with Crippen molar-refractivity contribution in [3.8, 4) is 0 Å². The number of hydrogen-bond acceptors (Lipinski definition) is 11. The number of rotatable bonds is 9. The zero-order valence-corrected chi connectivity index (χ0v) is 20.1. The first-order valence-corrected chi connectivity index (χ1v) is 12.3. The Morgan fingerprint density at radius 2 is 2.14 bits per heavy atom. The molecule has 0 saturated carbocycles. The lowest BCUT2D eigenvalue weighted by Crippen LogP contribution is -2.71. The molecule has 0 aliphatic carbocycles. The SMILES string of the molecule is CCON=C(C(=O)NC1C(=O)N2C(C(=O)O)=C(C[n+]3ccc(CO)cc3)CS[C@H]12)c1nsc(N)n1. The number of fused-ring (bicyclic) bond motifs is 1. The number of carbonyl (C=O) groups is 3. The lowest BCUT2D eigenvalue weighted by Gasteiger charge is -2.49. The van der Waals surface area contributed by atoms with E-state index in [0.29, 0.717) is 11.3 Å². The highest BCUT2D eigenvalue weighted by atomic mass is 32.2. The van der Waals surface area contributed by atoms with Crippen molar-refractivity contribution in [1.29, 1.82) is 0 Å². The summed E-state index contributed by atoms with van der Waals surface area (Å²) in [6.45, 7) is 2.04. The highest BCUT2D eigenvalue weighted by Gasteiger charge is 2.54. The number of thioether (sulfide) groups is 1. The second-order valence-electron chi connectivity index (χ2n) is 7.47. The molecular formula is C20H22N7O6S2+. The van der Waals surface area contributed by atoms with E-state index < -0.39 is 29.2 Å². The number of hydrogen-bond donors (Lipinski definition) is 4. The number of pyridine rings is 1. The number of nitrogens with one attached hydrogen (secondary N) is 1. The molecule has 0 bridgehead atoms. The highest BCUT2D eigenvalue weighted by molar-refractivity contribution is 8.00. The maximum absolute atomic E-state index is 13.0. The van der Waals surface area contributed by atoms with Gasteiger partial charge in [-0.1, -0.05) is 5.16 Å². The van der Waals surface area contributed by atoms with Crippen molar-refractivity contribution in [2.24, 2.45) is 5.16 Å². The molecule has 2 amide bonds. The Morgan fingerprint density at radius 3 is 2.74 bits per heavy atom. The molecule has 2 aliphatic rings. The minimum absolute atomic E-state index is 0.0315. The molecule has 13 nitrogen and oxygen atoms in total. The summed E-state index contributed by atoms with van der Waals surface area (Å²) < 4.78 is 5.74. The van der Waals surface area contributed by atoms with Crippen LogP contribution in [-0.4, -0.2) is 71.7 Å². The zero-order chi connectivity index (χ0) is 25.1. The highest BCUT2D eigenvalue weighted by Crippen LogP contribution is 2.40. The van der Waals surface area contributed by atoms with Gasteiger partial charge in [-0.05, 0) is 12.5 Å². The van der Waals surface area contributed by atoms with Gasteiger partial charge in [-0.3, -0.25) is 14.5 Å². The normalized spacial score (nSPS) is 19.8. The zero-order valence-electron chi connectivity index (χ0n) is 18.4. The lowest BCUT2D eigenvalue weighted by molar-refractivity contribution is -0.689. The number of anilines is 1. The number of aliphatic hydroxyl groups excluding tert-OH is 1. The Balaban J connectivity index is 1.52. The Bertz CT molecular complexity index is 1210. The molecule has 0 radical (unpaired) electrons. The predicted molar refractivity (Wildman–Crippen MR) is 125 cm³/mol. The van der Waals surface area contributed by atoms with E-state index in [1.165, 1.54) is 16.7 Å². The van der Waals surface area contributed by atoms with Crippen LogP contribution in [-0.2, 0) is 32.4 Å². The van der Waals surface area contributed by atoms with E-state index in [0.717, 1.165) is 17.1 Å². The molecule has 1 saturated heterocycles. The first-order valence-electron chi connectivity index (χ1n) is 10.4. The fourth-order valence-electron chi connectivity index (χ4n) is 3.58. The van der Waals surface area contributed by atoms with E-state index in [1.54, 1.807) is 36.0 Å². The number of oxime groups is 1. The Labute approximate surface area is 207 Å². The van der Waals surface area contributed by atoms with Crippen LogP contribution in [0.4, 0.5) is 5.13 Å². The van der Waals surface area contributed by atoms with E-state index in [9.17, 15) is 24.6 Å². The third-order valence-electron chi connectivity index (χ3n) is 5.21. The van der Waals surface area contributed by atoms with Gasteiger partial charge in [0.25, 0.3) is 11.8 Å². The van der Waals surface area contributed by atoms with E-state index in [-0.39, 0.29) is 42.1 Å². The number of β-lactam (4-membered cyclic amide) rings is 1. The van der Waals surface area contributed by atoms with Crippen LogP contribution >= 0.6 is 23.3 Å². The number of nitrogen functional groups attached to an aromatic ring is 1. The molecular weight excluding hydrogens is 498 g/mol. The minimum Gasteiger partial charge on any atom is -0.477 e. The number of nitrogens with two attached hydrogens (primary N) is 1. The molecule has 1 fully saturated rings. The molecule has 4 heterocycles. The van der Waals surface area contributed by atoms with Crippen molar-refractivity contribution in [3.05, 3.63) is 47.2 Å². The summed E-state index contributed by atoms with van der Waals surface area (Å²) in [5, 5.41) is 25.0. The molecule has 2 atom stereocenters. The average molecular weight is 521 g/mol. The largest absolute Gasteiger partial charge is 0.477 e. The van der Waals surface area contributed by atoms with Crippen LogP contribution in [0.5, 0.6) is 0 Å². The summed E-state index contributed by atoms with van der Waals surface area (Å²) in [6.07, 6.45) is 3.46. The quantitative estimate of drug-likeness (QED) is 0.139.